The van der Waals surface area contributed by atoms with Crippen molar-refractivity contribution < 1.29 is 19.2 Å². The van der Waals surface area contributed by atoms with Crippen LogP contribution in [0, 0.1) is 0 Å². The first-order valence-corrected chi connectivity index (χ1v) is 10.0. The fourth-order valence-corrected chi connectivity index (χ4v) is 4.29. The highest BCUT2D eigenvalue weighted by molar-refractivity contribution is 7.13. The minimum atomic E-state index is -0.978. The molecule has 4 rings (SSSR count). The van der Waals surface area contributed by atoms with Crippen LogP contribution in [-0.4, -0.2) is 39.6 Å². The Morgan fingerprint density at radius 1 is 1.31 bits per heavy atom. The quantitative estimate of drug-likeness (QED) is 0.627. The van der Waals surface area contributed by atoms with Crippen LogP contribution in [-0.2, 0) is 16.1 Å². The Kier molecular flexibility index (Phi) is 4.89. The van der Waals surface area contributed by atoms with Gasteiger partial charge in [-0.15, -0.1) is 11.3 Å². The van der Waals surface area contributed by atoms with E-state index in [-0.39, 0.29) is 36.6 Å². The molecule has 4 amide bonds. The fraction of sp³-hybridized carbons (Fsp3) is 0.316. The third-order valence-electron chi connectivity index (χ3n) is 4.97. The van der Waals surface area contributed by atoms with Gasteiger partial charge in [0, 0.05) is 24.4 Å². The number of benzene rings is 1. The molecule has 1 fully saturated rings. The van der Waals surface area contributed by atoms with Gasteiger partial charge in [0.1, 0.15) is 6.04 Å². The van der Waals surface area contributed by atoms with Gasteiger partial charge in [-0.3, -0.25) is 29.4 Å². The number of nitrogens with two attached hydrogens (primary N) is 1. The number of carbonyl (C=O) groups excluding carboxylic acids is 4. The smallest absolute Gasteiger partial charge is 0.262 e. The minimum Gasteiger partial charge on any atom is -0.357 e. The van der Waals surface area contributed by atoms with Gasteiger partial charge in [0.05, 0.1) is 16.8 Å². The van der Waals surface area contributed by atoms with Crippen molar-refractivity contribution in [1.82, 2.24) is 15.2 Å². The number of piperidine rings is 1. The molecule has 2 aliphatic rings. The molecule has 1 unspecified atom stereocenters. The Balaban J connectivity index is 1.57. The molecule has 0 saturated carbocycles. The summed E-state index contributed by atoms with van der Waals surface area (Å²) >= 11 is 1.41. The predicted octanol–water partition coefficient (Wildman–Crippen LogP) is 1.18. The molecule has 29 heavy (non-hydrogen) atoms. The number of fused-ring (bicyclic) bond motifs is 1. The lowest BCUT2D eigenvalue weighted by atomic mass is 10.0. The number of hydrogen-bond acceptors (Lipinski definition) is 8. The topological polar surface area (TPSA) is 134 Å². The van der Waals surface area contributed by atoms with Gasteiger partial charge in [0.2, 0.25) is 11.8 Å². The average molecular weight is 413 g/mol. The largest absolute Gasteiger partial charge is 0.357 e. The van der Waals surface area contributed by atoms with Crippen molar-refractivity contribution in [1.29, 1.82) is 0 Å². The summed E-state index contributed by atoms with van der Waals surface area (Å²) < 4.78 is 0. The molecule has 0 aliphatic carbocycles. The number of aromatic nitrogens is 1. The number of rotatable bonds is 5. The van der Waals surface area contributed by atoms with E-state index in [2.05, 4.69) is 15.6 Å². The Bertz CT molecular complexity index is 1030. The fourth-order valence-electron chi connectivity index (χ4n) is 3.48. The number of thiazole rings is 1. The van der Waals surface area contributed by atoms with Crippen molar-refractivity contribution in [3.63, 3.8) is 0 Å². The summed E-state index contributed by atoms with van der Waals surface area (Å²) in [6.45, 7) is 2.13. The van der Waals surface area contributed by atoms with E-state index in [9.17, 15) is 19.2 Å². The molecule has 2 atom stereocenters. The second-order valence-electron chi connectivity index (χ2n) is 7.01. The molecule has 1 saturated heterocycles. The lowest BCUT2D eigenvalue weighted by Crippen LogP contribution is -2.54. The van der Waals surface area contributed by atoms with Crippen molar-refractivity contribution in [3.8, 4) is 0 Å². The van der Waals surface area contributed by atoms with E-state index in [0.29, 0.717) is 10.7 Å². The van der Waals surface area contributed by atoms with Gasteiger partial charge in [0.15, 0.2) is 5.13 Å². The molecule has 0 bridgehead atoms. The average Bonchev–Trinajstić information content (AvgIpc) is 3.25. The van der Waals surface area contributed by atoms with Crippen molar-refractivity contribution in [2.45, 2.75) is 38.4 Å². The lowest BCUT2D eigenvalue weighted by Gasteiger charge is -2.27. The van der Waals surface area contributed by atoms with E-state index in [1.807, 2.05) is 12.3 Å². The molecule has 2 aromatic rings. The number of anilines is 1. The molecule has 0 radical (unpaired) electrons. The first-order chi connectivity index (χ1) is 13.9. The maximum atomic E-state index is 13.0. The molecular weight excluding hydrogens is 394 g/mol. The van der Waals surface area contributed by atoms with Crippen LogP contribution in [0.15, 0.2) is 23.6 Å². The summed E-state index contributed by atoms with van der Waals surface area (Å²) in [7, 11) is 0. The van der Waals surface area contributed by atoms with E-state index >= 15 is 0 Å². The lowest BCUT2D eigenvalue weighted by molar-refractivity contribution is -0.136. The molecule has 2 aliphatic heterocycles. The van der Waals surface area contributed by atoms with Gasteiger partial charge >= 0.3 is 0 Å². The SMILES string of the molecule is C[C@H](N)c1csc(NCc2cccc3c2C(=O)N(C2CCC(=O)NC2=O)C3=O)n1. The molecular formula is C19H19N5O4S. The third kappa shape index (κ3) is 3.40. The molecule has 150 valence electrons. The zero-order valence-electron chi connectivity index (χ0n) is 15.6. The number of hydrogen-bond donors (Lipinski definition) is 3. The second kappa shape index (κ2) is 7.37. The van der Waals surface area contributed by atoms with Crippen LogP contribution in [0.1, 0.15) is 57.8 Å². The van der Waals surface area contributed by atoms with Crippen LogP contribution < -0.4 is 16.4 Å². The van der Waals surface area contributed by atoms with Crippen LogP contribution in [0.3, 0.4) is 0 Å². The van der Waals surface area contributed by atoms with Crippen molar-refractivity contribution in [3.05, 3.63) is 46.0 Å². The monoisotopic (exact) mass is 413 g/mol. The molecule has 3 heterocycles. The van der Waals surface area contributed by atoms with E-state index in [1.54, 1.807) is 18.2 Å². The Morgan fingerprint density at radius 3 is 2.79 bits per heavy atom. The van der Waals surface area contributed by atoms with E-state index in [0.717, 1.165) is 10.6 Å². The third-order valence-corrected chi connectivity index (χ3v) is 5.79. The molecule has 1 aromatic carbocycles. The first-order valence-electron chi connectivity index (χ1n) is 9.15. The molecule has 10 heteroatoms. The molecule has 4 N–H and O–H groups in total. The van der Waals surface area contributed by atoms with Gasteiger partial charge in [-0.25, -0.2) is 4.98 Å². The molecule has 9 nitrogen and oxygen atoms in total. The van der Waals surface area contributed by atoms with Crippen LogP contribution in [0.5, 0.6) is 0 Å². The Morgan fingerprint density at radius 2 is 2.10 bits per heavy atom. The van der Waals surface area contributed by atoms with Gasteiger partial charge in [-0.1, -0.05) is 12.1 Å². The van der Waals surface area contributed by atoms with Crippen LogP contribution in [0.2, 0.25) is 0 Å². The molecule has 0 spiro atoms. The van der Waals surface area contributed by atoms with Gasteiger partial charge in [-0.2, -0.15) is 0 Å². The van der Waals surface area contributed by atoms with E-state index < -0.39 is 29.7 Å². The maximum absolute atomic E-state index is 13.0. The second-order valence-corrected chi connectivity index (χ2v) is 7.86. The van der Waals surface area contributed by atoms with Gasteiger partial charge < -0.3 is 11.1 Å². The van der Waals surface area contributed by atoms with Crippen LogP contribution in [0.25, 0.3) is 0 Å². The highest BCUT2D eigenvalue weighted by Gasteiger charge is 2.45. The summed E-state index contributed by atoms with van der Waals surface area (Å²) in [6.07, 6.45) is 0.215. The standard InChI is InChI=1S/C19H19N5O4S/c1-9(20)12-8-29-19(22-12)21-7-10-3-2-4-11-15(10)18(28)24(17(11)27)13-5-6-14(25)23-16(13)26/h2-4,8-9,13H,5-7,20H2,1H3,(H,21,22)(H,23,25,26)/t9-,13?/m0/s1. The van der Waals surface area contributed by atoms with Gasteiger partial charge in [-0.05, 0) is 25.0 Å². The van der Waals surface area contributed by atoms with Crippen LogP contribution >= 0.6 is 11.3 Å². The number of nitrogens with one attached hydrogen (secondary N) is 2. The maximum Gasteiger partial charge on any atom is 0.262 e. The number of imide groups is 2. The zero-order chi connectivity index (χ0) is 20.7. The normalized spacial score (nSPS) is 19.9. The summed E-state index contributed by atoms with van der Waals surface area (Å²) in [6, 6.07) is 3.87. The van der Waals surface area contributed by atoms with Crippen LogP contribution in [0.4, 0.5) is 5.13 Å². The van der Waals surface area contributed by atoms with E-state index in [4.69, 9.17) is 5.73 Å². The van der Waals surface area contributed by atoms with Gasteiger partial charge in [0.25, 0.3) is 11.8 Å². The van der Waals surface area contributed by atoms with Crippen molar-refractivity contribution in [2.24, 2.45) is 5.73 Å². The summed E-state index contributed by atoms with van der Waals surface area (Å²) in [4.78, 5) is 54.8. The number of nitrogens with zero attached hydrogens (tertiary/aromatic N) is 2. The first kappa shape index (κ1) is 19.2. The molecule has 1 aromatic heterocycles. The summed E-state index contributed by atoms with van der Waals surface area (Å²) in [5.41, 5.74) is 7.76. The highest BCUT2D eigenvalue weighted by atomic mass is 32.1. The summed E-state index contributed by atoms with van der Waals surface area (Å²) in [5, 5.41) is 7.87. The highest BCUT2D eigenvalue weighted by Crippen LogP contribution is 2.30. The van der Waals surface area contributed by atoms with E-state index in [1.165, 1.54) is 11.3 Å². The number of amides is 4. The van der Waals surface area contributed by atoms with Crippen molar-refractivity contribution in [2.75, 3.05) is 5.32 Å². The van der Waals surface area contributed by atoms with Crippen molar-refractivity contribution >= 4 is 40.1 Å². The predicted molar refractivity (Wildman–Crippen MR) is 105 cm³/mol. The number of carbonyl (C=O) groups is 4. The zero-order valence-corrected chi connectivity index (χ0v) is 16.4. The summed E-state index contributed by atoms with van der Waals surface area (Å²) in [5.74, 6) is -2.06. The minimum absolute atomic E-state index is 0.0875. The Labute approximate surface area is 170 Å². The Hall–Kier alpha value is -3.11.